The van der Waals surface area contributed by atoms with E-state index in [9.17, 15) is 0 Å². The first-order valence-corrected chi connectivity index (χ1v) is 9.39. The van der Waals surface area contributed by atoms with Crippen molar-refractivity contribution in [1.82, 2.24) is 0 Å². The summed E-state index contributed by atoms with van der Waals surface area (Å²) >= 11 is 13.6. The van der Waals surface area contributed by atoms with Crippen molar-refractivity contribution in [3.8, 4) is 5.75 Å². The maximum absolute atomic E-state index is 5.31. The smallest absolute Gasteiger partial charge is 0.360 e. The van der Waals surface area contributed by atoms with Gasteiger partial charge in [-0.1, -0.05) is 15.9 Å². The van der Waals surface area contributed by atoms with Crippen molar-refractivity contribution in [3.05, 3.63) is 25.6 Å². The molecule has 0 aliphatic heterocycles. The van der Waals surface area contributed by atoms with Crippen LogP contribution in [0.5, 0.6) is 5.75 Å². The van der Waals surface area contributed by atoms with E-state index in [1.54, 1.807) is 0 Å². The molecule has 0 fully saturated rings. The van der Waals surface area contributed by atoms with E-state index in [0.717, 1.165) is 25.2 Å². The number of halogens is 4. The topological polar surface area (TPSA) is 27.7 Å². The Bertz CT molecular complexity index is 364. The Morgan fingerprint density at radius 2 is 1.88 bits per heavy atom. The SMILES string of the molecule is BrCCCO[SiH2]OOc1ccc(Br)c(Br)c1Br. The van der Waals surface area contributed by atoms with Crippen molar-refractivity contribution in [3.63, 3.8) is 0 Å². The molecule has 0 aliphatic rings. The van der Waals surface area contributed by atoms with Crippen LogP contribution in [0.15, 0.2) is 25.6 Å². The summed E-state index contributed by atoms with van der Waals surface area (Å²) in [5, 5.41) is 0.938. The maximum atomic E-state index is 5.31. The van der Waals surface area contributed by atoms with Crippen molar-refractivity contribution in [2.45, 2.75) is 6.42 Å². The van der Waals surface area contributed by atoms with E-state index >= 15 is 0 Å². The van der Waals surface area contributed by atoms with Crippen LogP contribution < -0.4 is 4.89 Å². The largest absolute Gasteiger partial charge is 0.396 e. The number of rotatable bonds is 7. The molecule has 0 spiro atoms. The van der Waals surface area contributed by atoms with Crippen LogP contribution in [0.2, 0.25) is 0 Å². The average Bonchev–Trinajstić information content (AvgIpc) is 2.33. The monoisotopic (exact) mass is 510 g/mol. The fourth-order valence-corrected chi connectivity index (χ4v) is 3.04. The molecule has 0 bridgehead atoms. The van der Waals surface area contributed by atoms with Gasteiger partial charge in [0.25, 0.3) is 0 Å². The average molecular weight is 514 g/mol. The van der Waals surface area contributed by atoms with Gasteiger partial charge in [0.05, 0.1) is 4.47 Å². The molecular formula is C9H10Br4O3Si. The summed E-state index contributed by atoms with van der Waals surface area (Å²) in [5.41, 5.74) is 0. The lowest BCUT2D eigenvalue weighted by Gasteiger charge is -2.09. The van der Waals surface area contributed by atoms with Crippen LogP contribution in [-0.2, 0) is 9.00 Å². The first-order chi connectivity index (χ1) is 8.16. The third-order valence-corrected chi connectivity index (χ3v) is 6.27. The first kappa shape index (κ1) is 16.1. The Morgan fingerprint density at radius 1 is 1.12 bits per heavy atom. The number of hydrogen-bond acceptors (Lipinski definition) is 3. The van der Waals surface area contributed by atoms with Gasteiger partial charge in [-0.25, -0.2) is 4.58 Å². The van der Waals surface area contributed by atoms with Gasteiger partial charge in [-0.3, -0.25) is 0 Å². The fourth-order valence-electron chi connectivity index (χ4n) is 0.910. The Hall–Kier alpha value is 1.08. The molecular weight excluding hydrogens is 504 g/mol. The molecule has 0 saturated carbocycles. The summed E-state index contributed by atoms with van der Waals surface area (Å²) in [4.78, 5) is 5.18. The summed E-state index contributed by atoms with van der Waals surface area (Å²) in [5.74, 6) is 0.622. The highest BCUT2D eigenvalue weighted by molar-refractivity contribution is 9.14. The van der Waals surface area contributed by atoms with Crippen molar-refractivity contribution >= 4 is 73.7 Å². The Labute approximate surface area is 136 Å². The molecule has 8 heteroatoms. The molecule has 0 aromatic heterocycles. The summed E-state index contributed by atoms with van der Waals surface area (Å²) in [6, 6.07) is 3.69. The number of benzene rings is 1. The number of hydrogen-bond donors (Lipinski definition) is 0. The minimum atomic E-state index is -1.08. The normalized spacial score (nSPS) is 11.3. The Morgan fingerprint density at radius 3 is 2.59 bits per heavy atom. The second kappa shape index (κ2) is 9.06. The van der Waals surface area contributed by atoms with Crippen LogP contribution in [-0.4, -0.2) is 21.9 Å². The molecule has 0 radical (unpaired) electrons. The van der Waals surface area contributed by atoms with Crippen molar-refractivity contribution in [1.29, 1.82) is 0 Å². The highest BCUT2D eigenvalue weighted by Gasteiger charge is 2.09. The van der Waals surface area contributed by atoms with Gasteiger partial charge < -0.3 is 9.31 Å². The van der Waals surface area contributed by atoms with Gasteiger partial charge in [-0.15, -0.1) is 0 Å². The van der Waals surface area contributed by atoms with Crippen LogP contribution in [0.25, 0.3) is 0 Å². The molecule has 3 nitrogen and oxygen atoms in total. The zero-order valence-electron chi connectivity index (χ0n) is 8.72. The predicted molar refractivity (Wildman–Crippen MR) is 84.2 cm³/mol. The molecule has 1 rings (SSSR count). The van der Waals surface area contributed by atoms with Crippen molar-refractivity contribution in [2.75, 3.05) is 11.9 Å². The minimum absolute atomic E-state index is 0.622. The van der Waals surface area contributed by atoms with Crippen LogP contribution in [0.4, 0.5) is 0 Å². The quantitative estimate of drug-likeness (QED) is 0.137. The molecule has 1 aromatic carbocycles. The van der Waals surface area contributed by atoms with E-state index in [1.165, 1.54) is 0 Å². The molecule has 0 saturated heterocycles. The zero-order valence-corrected chi connectivity index (χ0v) is 16.5. The Kier molecular flexibility index (Phi) is 8.59. The third-order valence-electron chi connectivity index (χ3n) is 1.70. The molecule has 0 unspecified atom stereocenters. The van der Waals surface area contributed by atoms with E-state index in [2.05, 4.69) is 63.7 Å². The molecule has 0 amide bonds. The van der Waals surface area contributed by atoms with E-state index in [1.807, 2.05) is 12.1 Å². The second-order valence-electron chi connectivity index (χ2n) is 2.94. The van der Waals surface area contributed by atoms with Crippen LogP contribution in [0.3, 0.4) is 0 Å². The van der Waals surface area contributed by atoms with Gasteiger partial charge >= 0.3 is 10.0 Å². The van der Waals surface area contributed by atoms with Gasteiger partial charge in [0.2, 0.25) is 0 Å². The molecule has 96 valence electrons. The number of alkyl halides is 1. The summed E-state index contributed by atoms with van der Waals surface area (Å²) < 4.78 is 13.0. The molecule has 0 atom stereocenters. The lowest BCUT2D eigenvalue weighted by atomic mass is 10.3. The van der Waals surface area contributed by atoms with Gasteiger partial charge in [-0.2, -0.15) is 0 Å². The molecule has 0 aliphatic carbocycles. The molecule has 17 heavy (non-hydrogen) atoms. The maximum Gasteiger partial charge on any atom is 0.360 e. The summed E-state index contributed by atoms with van der Waals surface area (Å²) in [6.45, 7) is 0.700. The lowest BCUT2D eigenvalue weighted by Crippen LogP contribution is -2.09. The van der Waals surface area contributed by atoms with E-state index in [4.69, 9.17) is 13.9 Å². The van der Waals surface area contributed by atoms with Crippen molar-refractivity contribution < 1.29 is 13.9 Å². The van der Waals surface area contributed by atoms with Gasteiger partial charge in [0.1, 0.15) is 0 Å². The molecule has 1 aromatic rings. The third kappa shape index (κ3) is 5.71. The second-order valence-corrected chi connectivity index (χ2v) is 7.06. The van der Waals surface area contributed by atoms with Crippen molar-refractivity contribution in [2.24, 2.45) is 0 Å². The van der Waals surface area contributed by atoms with Crippen LogP contribution in [0, 0.1) is 0 Å². The predicted octanol–water partition coefficient (Wildman–Crippen LogP) is 4.08. The molecule has 0 N–H and O–H groups in total. The summed E-state index contributed by atoms with van der Waals surface area (Å²) in [7, 11) is -1.08. The fraction of sp³-hybridized carbons (Fsp3) is 0.333. The Balaban J connectivity index is 2.35. The highest BCUT2D eigenvalue weighted by atomic mass is 79.9. The van der Waals surface area contributed by atoms with E-state index in [0.29, 0.717) is 12.4 Å². The first-order valence-electron chi connectivity index (χ1n) is 4.73. The van der Waals surface area contributed by atoms with E-state index < -0.39 is 10.0 Å². The van der Waals surface area contributed by atoms with Gasteiger partial charge in [0.15, 0.2) is 5.75 Å². The summed E-state index contributed by atoms with van der Waals surface area (Å²) in [6.07, 6.45) is 0.976. The standard InChI is InChI=1S/C9H10Br4O3Si/c10-4-1-5-14-17-16-15-7-3-2-6(11)8(12)9(7)13/h2-3H,1,4-5,17H2. The van der Waals surface area contributed by atoms with E-state index in [-0.39, 0.29) is 0 Å². The van der Waals surface area contributed by atoms with Crippen LogP contribution in [0.1, 0.15) is 6.42 Å². The zero-order chi connectivity index (χ0) is 12.7. The highest BCUT2D eigenvalue weighted by Crippen LogP contribution is 2.37. The van der Waals surface area contributed by atoms with Gasteiger partial charge in [0, 0.05) is 20.9 Å². The lowest BCUT2D eigenvalue weighted by molar-refractivity contribution is -0.116. The molecule has 0 heterocycles. The van der Waals surface area contributed by atoms with Crippen LogP contribution >= 0.6 is 63.7 Å². The minimum Gasteiger partial charge on any atom is -0.396 e. The van der Waals surface area contributed by atoms with Gasteiger partial charge in [-0.05, 0) is 66.3 Å².